The van der Waals surface area contributed by atoms with Crippen LogP contribution in [0.5, 0.6) is 5.75 Å². The minimum absolute atomic E-state index is 0.0593. The first kappa shape index (κ1) is 11.2. The molecule has 0 N–H and O–H groups in total. The number of ether oxygens (including phenoxy) is 1. The van der Waals surface area contributed by atoms with Crippen LogP contribution >= 0.6 is 11.6 Å². The van der Waals surface area contributed by atoms with Crippen LogP contribution in [0.25, 0.3) is 0 Å². The Labute approximate surface area is 84.4 Å². The average Bonchev–Trinajstić information content (AvgIpc) is 2.05. The van der Waals surface area contributed by atoms with Crippen LogP contribution in [0.4, 0.5) is 13.2 Å². The van der Waals surface area contributed by atoms with Crippen molar-refractivity contribution >= 4 is 11.6 Å². The number of hydrogen-bond acceptors (Lipinski definition) is 1. The van der Waals surface area contributed by atoms with Gasteiger partial charge in [0.25, 0.3) is 0 Å². The van der Waals surface area contributed by atoms with Crippen LogP contribution in [-0.4, -0.2) is 12.8 Å². The van der Waals surface area contributed by atoms with Crippen LogP contribution in [0, 0.1) is 6.92 Å². The molecule has 0 fully saturated rings. The van der Waals surface area contributed by atoms with Crippen molar-refractivity contribution in [3.8, 4) is 5.75 Å². The van der Waals surface area contributed by atoms with Crippen LogP contribution in [0.3, 0.4) is 0 Å². The fraction of sp³-hybridized carbons (Fsp3) is 0.333. The van der Waals surface area contributed by atoms with E-state index in [-0.39, 0.29) is 10.8 Å². The molecule has 14 heavy (non-hydrogen) atoms. The van der Waals surface area contributed by atoms with Crippen LogP contribution in [0.1, 0.15) is 5.56 Å². The molecule has 0 bridgehead atoms. The van der Waals surface area contributed by atoms with Gasteiger partial charge in [-0.1, -0.05) is 17.7 Å². The Hall–Kier alpha value is -0.900. The largest absolute Gasteiger partial charge is 0.483 e. The second-order valence-corrected chi connectivity index (χ2v) is 3.24. The third-order valence-electron chi connectivity index (χ3n) is 1.48. The highest BCUT2D eigenvalue weighted by Gasteiger charge is 2.28. The van der Waals surface area contributed by atoms with Crippen molar-refractivity contribution in [1.29, 1.82) is 0 Å². The summed E-state index contributed by atoms with van der Waals surface area (Å²) >= 11 is 5.63. The van der Waals surface area contributed by atoms with Crippen LogP contribution < -0.4 is 4.74 Å². The Bertz CT molecular complexity index is 322. The molecule has 0 atom stereocenters. The van der Waals surface area contributed by atoms with E-state index in [1.165, 1.54) is 12.1 Å². The molecule has 0 spiro atoms. The van der Waals surface area contributed by atoms with E-state index in [0.29, 0.717) is 0 Å². The van der Waals surface area contributed by atoms with E-state index in [4.69, 9.17) is 11.6 Å². The molecule has 1 aromatic rings. The third-order valence-corrected chi connectivity index (χ3v) is 1.79. The SMILES string of the molecule is Cc1ccc(Cl)c(OCC(F)(F)F)c1. The van der Waals surface area contributed by atoms with Gasteiger partial charge in [0, 0.05) is 0 Å². The number of hydrogen-bond donors (Lipinski definition) is 0. The van der Waals surface area contributed by atoms with E-state index in [1.807, 2.05) is 0 Å². The molecule has 78 valence electrons. The first-order chi connectivity index (χ1) is 6.38. The summed E-state index contributed by atoms with van der Waals surface area (Å²) in [6.07, 6.45) is -4.34. The zero-order chi connectivity index (χ0) is 10.8. The van der Waals surface area contributed by atoms with Gasteiger partial charge in [0.15, 0.2) is 6.61 Å². The first-order valence-corrected chi connectivity index (χ1v) is 4.22. The highest BCUT2D eigenvalue weighted by Crippen LogP contribution is 2.27. The molecule has 0 aliphatic carbocycles. The Morgan fingerprint density at radius 2 is 2.00 bits per heavy atom. The fourth-order valence-corrected chi connectivity index (χ4v) is 1.05. The molecule has 0 saturated carbocycles. The third kappa shape index (κ3) is 3.46. The minimum Gasteiger partial charge on any atom is -0.483 e. The minimum atomic E-state index is -4.34. The lowest BCUT2D eigenvalue weighted by Crippen LogP contribution is -2.19. The van der Waals surface area contributed by atoms with Gasteiger partial charge in [-0.25, -0.2) is 0 Å². The van der Waals surface area contributed by atoms with Gasteiger partial charge in [0.2, 0.25) is 0 Å². The molecular weight excluding hydrogens is 217 g/mol. The predicted molar refractivity (Wildman–Crippen MR) is 47.7 cm³/mol. The Balaban J connectivity index is 2.72. The van der Waals surface area contributed by atoms with E-state index in [1.54, 1.807) is 13.0 Å². The lowest BCUT2D eigenvalue weighted by molar-refractivity contribution is -0.153. The van der Waals surface area contributed by atoms with E-state index >= 15 is 0 Å². The van der Waals surface area contributed by atoms with Crippen molar-refractivity contribution < 1.29 is 17.9 Å². The molecule has 0 aliphatic heterocycles. The van der Waals surface area contributed by atoms with Gasteiger partial charge >= 0.3 is 6.18 Å². The number of halogens is 4. The zero-order valence-corrected chi connectivity index (χ0v) is 8.12. The van der Waals surface area contributed by atoms with Gasteiger partial charge in [0.1, 0.15) is 5.75 Å². The van der Waals surface area contributed by atoms with Crippen molar-refractivity contribution in [2.45, 2.75) is 13.1 Å². The number of alkyl halides is 3. The maximum Gasteiger partial charge on any atom is 0.422 e. The maximum atomic E-state index is 11.8. The summed E-state index contributed by atoms with van der Waals surface area (Å²) in [5.41, 5.74) is 0.798. The summed E-state index contributed by atoms with van der Waals surface area (Å²) in [7, 11) is 0. The molecule has 0 saturated heterocycles. The fourth-order valence-electron chi connectivity index (χ4n) is 0.881. The van der Waals surface area contributed by atoms with Crippen molar-refractivity contribution in [3.05, 3.63) is 28.8 Å². The quantitative estimate of drug-likeness (QED) is 0.746. The van der Waals surface area contributed by atoms with Gasteiger partial charge in [-0.3, -0.25) is 0 Å². The Kier molecular flexibility index (Phi) is 3.26. The van der Waals surface area contributed by atoms with Crippen LogP contribution in [0.2, 0.25) is 5.02 Å². The van der Waals surface area contributed by atoms with Crippen molar-refractivity contribution in [2.24, 2.45) is 0 Å². The topological polar surface area (TPSA) is 9.23 Å². The molecule has 1 aromatic carbocycles. The van der Waals surface area contributed by atoms with E-state index in [2.05, 4.69) is 4.74 Å². The molecule has 1 nitrogen and oxygen atoms in total. The smallest absolute Gasteiger partial charge is 0.422 e. The van der Waals surface area contributed by atoms with Gasteiger partial charge < -0.3 is 4.74 Å². The summed E-state index contributed by atoms with van der Waals surface area (Å²) in [6.45, 7) is 0.424. The van der Waals surface area contributed by atoms with Gasteiger partial charge in [-0.15, -0.1) is 0 Å². The summed E-state index contributed by atoms with van der Waals surface area (Å²) in [5.74, 6) is 0.0593. The first-order valence-electron chi connectivity index (χ1n) is 3.84. The number of rotatable bonds is 2. The molecule has 0 unspecified atom stereocenters. The highest BCUT2D eigenvalue weighted by molar-refractivity contribution is 6.32. The number of benzene rings is 1. The number of aryl methyl sites for hydroxylation is 1. The lowest BCUT2D eigenvalue weighted by atomic mass is 10.2. The molecule has 5 heteroatoms. The van der Waals surface area contributed by atoms with E-state index in [0.717, 1.165) is 5.56 Å². The maximum absolute atomic E-state index is 11.8. The van der Waals surface area contributed by atoms with Crippen molar-refractivity contribution in [1.82, 2.24) is 0 Å². The zero-order valence-electron chi connectivity index (χ0n) is 7.36. The molecule has 0 heterocycles. The molecular formula is C9H8ClF3O. The Morgan fingerprint density at radius 1 is 1.36 bits per heavy atom. The highest BCUT2D eigenvalue weighted by atomic mass is 35.5. The second-order valence-electron chi connectivity index (χ2n) is 2.84. The normalized spacial score (nSPS) is 11.5. The van der Waals surface area contributed by atoms with Gasteiger partial charge in [0.05, 0.1) is 5.02 Å². The van der Waals surface area contributed by atoms with Gasteiger partial charge in [-0.2, -0.15) is 13.2 Å². The van der Waals surface area contributed by atoms with Gasteiger partial charge in [-0.05, 0) is 24.6 Å². The summed E-state index contributed by atoms with van der Waals surface area (Å²) in [6, 6.07) is 4.67. The predicted octanol–water partition coefficient (Wildman–Crippen LogP) is 3.59. The second kappa shape index (κ2) is 4.09. The Morgan fingerprint density at radius 3 is 2.57 bits per heavy atom. The molecule has 0 aromatic heterocycles. The lowest BCUT2D eigenvalue weighted by Gasteiger charge is -2.10. The van der Waals surface area contributed by atoms with Crippen molar-refractivity contribution in [3.63, 3.8) is 0 Å². The summed E-state index contributed by atoms with van der Waals surface area (Å²) < 4.78 is 39.9. The van der Waals surface area contributed by atoms with Crippen LogP contribution in [-0.2, 0) is 0 Å². The molecule has 1 rings (SSSR count). The monoisotopic (exact) mass is 224 g/mol. The van der Waals surface area contributed by atoms with E-state index < -0.39 is 12.8 Å². The molecule has 0 radical (unpaired) electrons. The summed E-state index contributed by atoms with van der Waals surface area (Å²) in [5, 5.41) is 0.180. The summed E-state index contributed by atoms with van der Waals surface area (Å²) in [4.78, 5) is 0. The van der Waals surface area contributed by atoms with Crippen molar-refractivity contribution in [2.75, 3.05) is 6.61 Å². The standard InChI is InChI=1S/C9H8ClF3O/c1-6-2-3-7(10)8(4-6)14-5-9(11,12)13/h2-4H,5H2,1H3. The average molecular weight is 225 g/mol. The van der Waals surface area contributed by atoms with Crippen LogP contribution in [0.15, 0.2) is 18.2 Å². The molecule has 0 aliphatic rings. The van der Waals surface area contributed by atoms with E-state index in [9.17, 15) is 13.2 Å². The molecule has 0 amide bonds.